The summed E-state index contributed by atoms with van der Waals surface area (Å²) in [7, 11) is 0. The molecule has 1 atom stereocenters. The van der Waals surface area contributed by atoms with Gasteiger partial charge in [0.05, 0.1) is 25.2 Å². The molecule has 31 heavy (non-hydrogen) atoms. The number of carbonyl (C=O) groups is 2. The van der Waals surface area contributed by atoms with Crippen LogP contribution in [0, 0.1) is 0 Å². The molecule has 8 heteroatoms. The third kappa shape index (κ3) is 4.38. The molecule has 5 nitrogen and oxygen atoms in total. The van der Waals surface area contributed by atoms with Gasteiger partial charge in [-0.3, -0.25) is 4.79 Å². The quantitative estimate of drug-likeness (QED) is 0.461. The van der Waals surface area contributed by atoms with Crippen LogP contribution in [0.5, 0.6) is 0 Å². The summed E-state index contributed by atoms with van der Waals surface area (Å²) in [6.45, 7) is 3.24. The number of alkyl halides is 3. The number of allylic oxidation sites excluding steroid dienone is 1. The third-order valence-corrected chi connectivity index (χ3v) is 5.17. The van der Waals surface area contributed by atoms with Crippen LogP contribution in [-0.4, -0.2) is 31.3 Å². The first-order valence-corrected chi connectivity index (χ1v) is 10.0. The van der Waals surface area contributed by atoms with Crippen molar-refractivity contribution in [1.82, 2.24) is 0 Å². The lowest BCUT2D eigenvalue weighted by Crippen LogP contribution is -2.41. The minimum Gasteiger partial charge on any atom is -0.477 e. The number of carbonyl (C=O) groups excluding carboxylic acids is 2. The topological polar surface area (TPSA) is 61.8 Å². The highest BCUT2D eigenvalue weighted by Gasteiger charge is 2.62. The first kappa shape index (κ1) is 22.7. The number of halogens is 3. The molecule has 0 N–H and O–H groups in total. The van der Waals surface area contributed by atoms with Crippen molar-refractivity contribution in [2.45, 2.75) is 44.9 Å². The predicted octanol–water partition coefficient (Wildman–Crippen LogP) is 5.18. The summed E-state index contributed by atoms with van der Waals surface area (Å²) in [5.74, 6) is -1.82. The Morgan fingerprint density at radius 3 is 2.39 bits per heavy atom. The highest BCUT2D eigenvalue weighted by atomic mass is 19.4. The van der Waals surface area contributed by atoms with Gasteiger partial charge < -0.3 is 14.2 Å². The Kier molecular flexibility index (Phi) is 6.57. The minimum atomic E-state index is -4.76. The SMILES string of the molecule is CCOC(=O)C/C(C(=O)OCC)=C1/CCC(c2cccc3ccccc23)(C(F)(F)F)O1. The van der Waals surface area contributed by atoms with Gasteiger partial charge >= 0.3 is 18.1 Å². The first-order chi connectivity index (χ1) is 14.7. The van der Waals surface area contributed by atoms with Crippen LogP contribution in [0.1, 0.15) is 38.7 Å². The Morgan fingerprint density at radius 1 is 1.03 bits per heavy atom. The maximum atomic E-state index is 14.4. The third-order valence-electron chi connectivity index (χ3n) is 5.17. The maximum Gasteiger partial charge on any atom is 0.432 e. The van der Waals surface area contributed by atoms with E-state index in [9.17, 15) is 22.8 Å². The molecule has 1 fully saturated rings. The zero-order valence-electron chi connectivity index (χ0n) is 17.3. The Morgan fingerprint density at radius 2 is 1.71 bits per heavy atom. The van der Waals surface area contributed by atoms with Crippen molar-refractivity contribution in [3.05, 3.63) is 59.4 Å². The van der Waals surface area contributed by atoms with Crippen molar-refractivity contribution < 1.29 is 37.0 Å². The monoisotopic (exact) mass is 436 g/mol. The molecule has 0 aliphatic carbocycles. The summed E-state index contributed by atoms with van der Waals surface area (Å²) in [6, 6.07) is 11.4. The molecule has 0 amide bonds. The number of benzene rings is 2. The van der Waals surface area contributed by atoms with Crippen LogP contribution < -0.4 is 0 Å². The van der Waals surface area contributed by atoms with Crippen molar-refractivity contribution in [3.8, 4) is 0 Å². The highest BCUT2D eigenvalue weighted by molar-refractivity contribution is 5.94. The average Bonchev–Trinajstić information content (AvgIpc) is 3.18. The average molecular weight is 436 g/mol. The number of esters is 2. The molecule has 0 aromatic heterocycles. The fourth-order valence-electron chi connectivity index (χ4n) is 3.79. The van der Waals surface area contributed by atoms with Crippen LogP contribution >= 0.6 is 0 Å². The van der Waals surface area contributed by atoms with E-state index < -0.39 is 36.6 Å². The van der Waals surface area contributed by atoms with E-state index in [1.165, 1.54) is 6.07 Å². The van der Waals surface area contributed by atoms with E-state index in [2.05, 4.69) is 0 Å². The zero-order valence-corrected chi connectivity index (χ0v) is 17.3. The maximum absolute atomic E-state index is 14.4. The standard InChI is InChI=1S/C23H23F3O5/c1-3-29-20(27)14-17(21(28)30-4-2)19-12-13-22(31-19,23(24,25)26)18-11-7-9-15-8-5-6-10-16(15)18/h5-11H,3-4,12-14H2,1-2H3/b19-17+. The lowest BCUT2D eigenvalue weighted by atomic mass is 9.86. The van der Waals surface area contributed by atoms with E-state index in [4.69, 9.17) is 14.2 Å². The summed E-state index contributed by atoms with van der Waals surface area (Å²) in [5, 5.41) is 1.05. The Hall–Kier alpha value is -3.03. The fourth-order valence-corrected chi connectivity index (χ4v) is 3.79. The van der Waals surface area contributed by atoms with Gasteiger partial charge in [-0.25, -0.2) is 4.79 Å². The molecular weight excluding hydrogens is 413 g/mol. The number of hydrogen-bond donors (Lipinski definition) is 0. The molecule has 0 spiro atoms. The van der Waals surface area contributed by atoms with Gasteiger partial charge in [0, 0.05) is 18.4 Å². The van der Waals surface area contributed by atoms with E-state index in [0.717, 1.165) is 0 Å². The van der Waals surface area contributed by atoms with Crippen molar-refractivity contribution in [2.75, 3.05) is 13.2 Å². The molecule has 0 radical (unpaired) electrons. The van der Waals surface area contributed by atoms with Crippen molar-refractivity contribution in [2.24, 2.45) is 0 Å². The van der Waals surface area contributed by atoms with E-state index in [0.29, 0.717) is 10.8 Å². The zero-order chi connectivity index (χ0) is 22.6. The van der Waals surface area contributed by atoms with Gasteiger partial charge in [-0.2, -0.15) is 13.2 Å². The molecule has 2 aromatic rings. The van der Waals surface area contributed by atoms with Crippen LogP contribution in [0.15, 0.2) is 53.8 Å². The van der Waals surface area contributed by atoms with Gasteiger partial charge in [0.2, 0.25) is 5.60 Å². The summed E-state index contributed by atoms with van der Waals surface area (Å²) < 4.78 is 58.7. The smallest absolute Gasteiger partial charge is 0.432 e. The second-order valence-corrected chi connectivity index (χ2v) is 7.06. The molecule has 3 rings (SSSR count). The first-order valence-electron chi connectivity index (χ1n) is 10.0. The summed E-state index contributed by atoms with van der Waals surface area (Å²) in [6.07, 6.45) is -5.88. The fraction of sp³-hybridized carbons (Fsp3) is 0.391. The Bertz CT molecular complexity index is 1010. The molecule has 0 bridgehead atoms. The molecule has 1 saturated heterocycles. The number of fused-ring (bicyclic) bond motifs is 1. The summed E-state index contributed by atoms with van der Waals surface area (Å²) in [5.41, 5.74) is -2.92. The van der Waals surface area contributed by atoms with Crippen LogP contribution in [-0.2, 0) is 29.4 Å². The van der Waals surface area contributed by atoms with Crippen LogP contribution in [0.3, 0.4) is 0 Å². The van der Waals surface area contributed by atoms with Gasteiger partial charge in [-0.15, -0.1) is 0 Å². The minimum absolute atomic E-state index is 0.00613. The van der Waals surface area contributed by atoms with Crippen LogP contribution in [0.25, 0.3) is 10.8 Å². The molecule has 166 valence electrons. The second-order valence-electron chi connectivity index (χ2n) is 7.06. The lowest BCUT2D eigenvalue weighted by molar-refractivity contribution is -0.261. The van der Waals surface area contributed by atoms with Crippen molar-refractivity contribution in [3.63, 3.8) is 0 Å². The molecule has 1 aliphatic rings. The lowest BCUT2D eigenvalue weighted by Gasteiger charge is -2.32. The van der Waals surface area contributed by atoms with Gasteiger partial charge in [0.25, 0.3) is 0 Å². The van der Waals surface area contributed by atoms with E-state index >= 15 is 0 Å². The highest BCUT2D eigenvalue weighted by Crippen LogP contribution is 2.54. The van der Waals surface area contributed by atoms with Crippen LogP contribution in [0.2, 0.25) is 0 Å². The predicted molar refractivity (Wildman–Crippen MR) is 107 cm³/mol. The number of hydrogen-bond acceptors (Lipinski definition) is 5. The Labute approximate surface area is 177 Å². The van der Waals surface area contributed by atoms with Gasteiger partial charge in [-0.1, -0.05) is 42.5 Å². The number of rotatable bonds is 6. The van der Waals surface area contributed by atoms with Gasteiger partial charge in [0.15, 0.2) is 0 Å². The molecular formula is C23H23F3O5. The molecule has 1 heterocycles. The second kappa shape index (κ2) is 8.99. The Balaban J connectivity index is 2.12. The van der Waals surface area contributed by atoms with E-state index in [1.807, 2.05) is 0 Å². The van der Waals surface area contributed by atoms with Gasteiger partial charge in [-0.05, 0) is 24.6 Å². The van der Waals surface area contributed by atoms with Crippen molar-refractivity contribution >= 4 is 22.7 Å². The summed E-state index contributed by atoms with van der Waals surface area (Å²) >= 11 is 0. The summed E-state index contributed by atoms with van der Waals surface area (Å²) in [4.78, 5) is 24.4. The van der Waals surface area contributed by atoms with E-state index in [1.54, 1.807) is 50.2 Å². The molecule has 0 saturated carbocycles. The van der Waals surface area contributed by atoms with Crippen molar-refractivity contribution in [1.29, 1.82) is 0 Å². The molecule has 1 aliphatic heterocycles. The normalized spacial score (nSPS) is 20.3. The largest absolute Gasteiger partial charge is 0.477 e. The molecule has 1 unspecified atom stereocenters. The van der Waals surface area contributed by atoms with Crippen LogP contribution in [0.4, 0.5) is 13.2 Å². The van der Waals surface area contributed by atoms with E-state index in [-0.39, 0.29) is 36.5 Å². The molecule has 2 aromatic carbocycles. The van der Waals surface area contributed by atoms with Gasteiger partial charge in [0.1, 0.15) is 5.76 Å². The number of ether oxygens (including phenoxy) is 3.